The van der Waals surface area contributed by atoms with Gasteiger partial charge in [-0.25, -0.2) is 4.79 Å². The smallest absolute Gasteiger partial charge is 0.328 e. The van der Waals surface area contributed by atoms with Crippen LogP contribution < -0.4 is 5.32 Å². The second-order valence-corrected chi connectivity index (χ2v) is 6.61. The van der Waals surface area contributed by atoms with Gasteiger partial charge in [0.2, 0.25) is 5.91 Å². The average Bonchev–Trinajstić information content (AvgIpc) is 2.53. The largest absolute Gasteiger partial charge is 0.467 e. The van der Waals surface area contributed by atoms with Crippen LogP contribution in [0.5, 0.6) is 0 Å². The van der Waals surface area contributed by atoms with Gasteiger partial charge in [0.15, 0.2) is 0 Å². The Bertz CT molecular complexity index is 493. The lowest BCUT2D eigenvalue weighted by Gasteiger charge is -2.21. The highest BCUT2D eigenvalue weighted by Gasteiger charge is 2.26. The summed E-state index contributed by atoms with van der Waals surface area (Å²) in [5, 5.41) is 3.46. The van der Waals surface area contributed by atoms with Crippen molar-refractivity contribution in [3.05, 3.63) is 29.3 Å². The number of hydrogen-bond acceptors (Lipinski definition) is 4. The summed E-state index contributed by atoms with van der Waals surface area (Å²) >= 11 is 7.40. The first-order valence-electron chi connectivity index (χ1n) is 7.23. The van der Waals surface area contributed by atoms with Crippen LogP contribution in [-0.2, 0) is 14.3 Å². The first-order valence-corrected chi connectivity index (χ1v) is 8.59. The number of ether oxygens (including phenoxy) is 1. The third-order valence-corrected chi connectivity index (χ3v) is 4.66. The fourth-order valence-electron chi connectivity index (χ4n) is 1.83. The summed E-state index contributed by atoms with van der Waals surface area (Å²) < 4.78 is 4.75. The molecule has 0 aliphatic carbocycles. The number of esters is 1. The maximum atomic E-state index is 12.0. The third-order valence-electron chi connectivity index (χ3n) is 3.40. The van der Waals surface area contributed by atoms with Crippen LogP contribution in [0.1, 0.15) is 26.7 Å². The molecule has 122 valence electrons. The zero-order valence-corrected chi connectivity index (χ0v) is 14.7. The van der Waals surface area contributed by atoms with E-state index < -0.39 is 12.0 Å². The Balaban J connectivity index is 2.43. The number of halogens is 1. The summed E-state index contributed by atoms with van der Waals surface area (Å²) in [6.45, 7) is 3.90. The van der Waals surface area contributed by atoms with Gasteiger partial charge in [-0.3, -0.25) is 4.79 Å². The normalized spacial score (nSPS) is 13.3. The molecule has 0 heterocycles. The van der Waals surface area contributed by atoms with E-state index in [-0.39, 0.29) is 11.8 Å². The van der Waals surface area contributed by atoms with E-state index in [4.69, 9.17) is 16.3 Å². The molecule has 1 aromatic carbocycles. The van der Waals surface area contributed by atoms with Crippen molar-refractivity contribution in [1.29, 1.82) is 0 Å². The minimum absolute atomic E-state index is 0.0420. The fraction of sp³-hybridized carbons (Fsp3) is 0.500. The van der Waals surface area contributed by atoms with E-state index >= 15 is 0 Å². The molecular formula is C16H22ClNO3S. The predicted molar refractivity (Wildman–Crippen MR) is 90.2 cm³/mol. The second-order valence-electron chi connectivity index (χ2n) is 5.01. The lowest BCUT2D eigenvalue weighted by Crippen LogP contribution is -2.45. The molecule has 0 saturated heterocycles. The molecule has 1 amide bonds. The van der Waals surface area contributed by atoms with Crippen LogP contribution >= 0.6 is 23.4 Å². The number of hydrogen-bond donors (Lipinski definition) is 1. The minimum atomic E-state index is -0.581. The third kappa shape index (κ3) is 6.28. The zero-order chi connectivity index (χ0) is 16.5. The number of amides is 1. The topological polar surface area (TPSA) is 55.4 Å². The van der Waals surface area contributed by atoms with Gasteiger partial charge in [-0.1, -0.05) is 31.9 Å². The Morgan fingerprint density at radius 2 is 1.95 bits per heavy atom. The zero-order valence-electron chi connectivity index (χ0n) is 13.1. The van der Waals surface area contributed by atoms with Crippen molar-refractivity contribution in [2.24, 2.45) is 5.92 Å². The maximum Gasteiger partial charge on any atom is 0.328 e. The number of thioether (sulfide) groups is 1. The predicted octanol–water partition coefficient (Wildman–Crippen LogP) is 3.53. The maximum absolute atomic E-state index is 12.0. The Kier molecular flexibility index (Phi) is 8.35. The van der Waals surface area contributed by atoms with Crippen molar-refractivity contribution in [1.82, 2.24) is 5.32 Å². The first kappa shape index (κ1) is 18.8. The SMILES string of the molecule is CCC(C)C(NC(=O)CCSc1ccc(Cl)cc1)C(=O)OC. The van der Waals surface area contributed by atoms with Crippen LogP contribution in [0, 0.1) is 5.92 Å². The molecule has 0 aromatic heterocycles. The monoisotopic (exact) mass is 343 g/mol. The van der Waals surface area contributed by atoms with Crippen molar-refractivity contribution in [3.8, 4) is 0 Å². The fourth-order valence-corrected chi connectivity index (χ4v) is 2.81. The second kappa shape index (κ2) is 9.74. The van der Waals surface area contributed by atoms with Crippen molar-refractivity contribution in [3.63, 3.8) is 0 Å². The minimum Gasteiger partial charge on any atom is -0.467 e. The molecular weight excluding hydrogens is 322 g/mol. The number of rotatable bonds is 8. The molecule has 2 unspecified atom stereocenters. The van der Waals surface area contributed by atoms with Crippen molar-refractivity contribution in [2.45, 2.75) is 37.6 Å². The summed E-state index contributed by atoms with van der Waals surface area (Å²) in [6.07, 6.45) is 1.14. The van der Waals surface area contributed by atoms with Crippen molar-refractivity contribution >= 4 is 35.2 Å². The van der Waals surface area contributed by atoms with Gasteiger partial charge >= 0.3 is 5.97 Å². The lowest BCUT2D eigenvalue weighted by atomic mass is 9.99. The van der Waals surface area contributed by atoms with Crippen LogP contribution in [0.4, 0.5) is 0 Å². The van der Waals surface area contributed by atoms with Crippen LogP contribution in [0.2, 0.25) is 5.02 Å². The van der Waals surface area contributed by atoms with E-state index in [0.29, 0.717) is 17.2 Å². The van der Waals surface area contributed by atoms with Crippen LogP contribution in [0.15, 0.2) is 29.2 Å². The van der Waals surface area contributed by atoms with E-state index in [2.05, 4.69) is 5.32 Å². The van der Waals surface area contributed by atoms with E-state index in [0.717, 1.165) is 11.3 Å². The highest BCUT2D eigenvalue weighted by atomic mass is 35.5. The molecule has 0 aliphatic heterocycles. The Hall–Kier alpha value is -1.20. The number of nitrogens with one attached hydrogen (secondary N) is 1. The van der Waals surface area contributed by atoms with Crippen molar-refractivity contribution < 1.29 is 14.3 Å². The van der Waals surface area contributed by atoms with Gasteiger partial charge < -0.3 is 10.1 Å². The van der Waals surface area contributed by atoms with Crippen LogP contribution in [0.25, 0.3) is 0 Å². The van der Waals surface area contributed by atoms with Crippen LogP contribution in [-0.4, -0.2) is 30.8 Å². The van der Waals surface area contributed by atoms with Gasteiger partial charge in [-0.15, -0.1) is 11.8 Å². The summed E-state index contributed by atoms with van der Waals surface area (Å²) in [4.78, 5) is 24.8. The molecule has 0 radical (unpaired) electrons. The molecule has 0 fully saturated rings. The molecule has 2 atom stereocenters. The van der Waals surface area contributed by atoms with Gasteiger partial charge in [0, 0.05) is 22.1 Å². The number of benzene rings is 1. The molecule has 0 saturated carbocycles. The molecule has 1 N–H and O–H groups in total. The lowest BCUT2D eigenvalue weighted by molar-refractivity contribution is -0.146. The van der Waals surface area contributed by atoms with E-state index in [1.807, 2.05) is 38.1 Å². The molecule has 4 nitrogen and oxygen atoms in total. The first-order chi connectivity index (χ1) is 10.5. The molecule has 0 spiro atoms. The Labute approximate surface area is 140 Å². The Morgan fingerprint density at radius 1 is 1.32 bits per heavy atom. The summed E-state index contributed by atoms with van der Waals surface area (Å²) in [6, 6.07) is 6.89. The molecule has 6 heteroatoms. The molecule has 0 aliphatic rings. The average molecular weight is 344 g/mol. The van der Waals surface area contributed by atoms with Crippen LogP contribution in [0.3, 0.4) is 0 Å². The summed E-state index contributed by atoms with van der Waals surface area (Å²) in [5.41, 5.74) is 0. The van der Waals surface area contributed by atoms with E-state index in [9.17, 15) is 9.59 Å². The standard InChI is InChI=1S/C16H22ClNO3S/c1-4-11(2)15(16(20)21-3)18-14(19)9-10-22-13-7-5-12(17)6-8-13/h5-8,11,15H,4,9-10H2,1-3H3,(H,18,19). The number of carbonyl (C=O) groups is 2. The van der Waals surface area contributed by atoms with Gasteiger partial charge in [0.05, 0.1) is 7.11 Å². The number of carbonyl (C=O) groups excluding carboxylic acids is 2. The molecule has 22 heavy (non-hydrogen) atoms. The van der Waals surface area contributed by atoms with E-state index in [1.54, 1.807) is 11.8 Å². The highest BCUT2D eigenvalue weighted by molar-refractivity contribution is 7.99. The summed E-state index contributed by atoms with van der Waals surface area (Å²) in [7, 11) is 1.33. The highest BCUT2D eigenvalue weighted by Crippen LogP contribution is 2.21. The molecule has 0 bridgehead atoms. The molecule has 1 aromatic rings. The molecule has 1 rings (SSSR count). The quantitative estimate of drug-likeness (QED) is 0.579. The number of methoxy groups -OCH3 is 1. The van der Waals surface area contributed by atoms with Gasteiger partial charge in [0.1, 0.15) is 6.04 Å². The Morgan fingerprint density at radius 3 is 2.50 bits per heavy atom. The van der Waals surface area contributed by atoms with E-state index in [1.165, 1.54) is 7.11 Å². The van der Waals surface area contributed by atoms with Gasteiger partial charge in [-0.05, 0) is 30.2 Å². The van der Waals surface area contributed by atoms with Gasteiger partial charge in [0.25, 0.3) is 0 Å². The summed E-state index contributed by atoms with van der Waals surface area (Å²) in [5.74, 6) is 0.146. The van der Waals surface area contributed by atoms with Gasteiger partial charge in [-0.2, -0.15) is 0 Å². The van der Waals surface area contributed by atoms with Crippen molar-refractivity contribution in [2.75, 3.05) is 12.9 Å².